The van der Waals surface area contributed by atoms with Gasteiger partial charge in [-0.2, -0.15) is 0 Å². The minimum Gasteiger partial charge on any atom is -0.450 e. The molecule has 1 aromatic carbocycles. The Kier molecular flexibility index (Phi) is 6.80. The molecule has 0 saturated carbocycles. The Bertz CT molecular complexity index is 680. The summed E-state index contributed by atoms with van der Waals surface area (Å²) in [6.07, 6.45) is 0.584. The van der Waals surface area contributed by atoms with Gasteiger partial charge in [0, 0.05) is 13.0 Å². The molecule has 3 N–H and O–H groups in total. The third-order valence-electron chi connectivity index (χ3n) is 4.13. The molecule has 25 heavy (non-hydrogen) atoms. The monoisotopic (exact) mass is 346 g/mol. The summed E-state index contributed by atoms with van der Waals surface area (Å²) in [5.74, 6) is 0.840. The first-order valence-electron chi connectivity index (χ1n) is 8.69. The van der Waals surface area contributed by atoms with E-state index >= 15 is 0 Å². The third-order valence-corrected chi connectivity index (χ3v) is 4.13. The number of nitrogens with one attached hydrogen (secondary N) is 3. The van der Waals surface area contributed by atoms with E-state index < -0.39 is 6.09 Å². The lowest BCUT2D eigenvalue weighted by atomic mass is 9.98. The van der Waals surface area contributed by atoms with Crippen molar-refractivity contribution in [2.24, 2.45) is 5.92 Å². The molecule has 0 aliphatic heterocycles. The van der Waals surface area contributed by atoms with Gasteiger partial charge in [0.05, 0.1) is 23.7 Å². The Balaban J connectivity index is 2.00. The normalized spacial score (nSPS) is 13.2. The molecule has 0 fully saturated rings. The predicted octanol–water partition coefficient (Wildman–Crippen LogP) is 2.90. The van der Waals surface area contributed by atoms with Crippen LogP contribution in [-0.2, 0) is 9.53 Å². The van der Waals surface area contributed by atoms with Crippen LogP contribution in [0.4, 0.5) is 4.79 Å². The molecule has 1 aromatic heterocycles. The number of ether oxygens (including phenoxy) is 1. The van der Waals surface area contributed by atoms with Crippen molar-refractivity contribution in [3.8, 4) is 0 Å². The van der Waals surface area contributed by atoms with Crippen molar-refractivity contribution in [3.05, 3.63) is 30.1 Å². The van der Waals surface area contributed by atoms with Gasteiger partial charge in [-0.05, 0) is 25.0 Å². The summed E-state index contributed by atoms with van der Waals surface area (Å²) >= 11 is 0. The topological polar surface area (TPSA) is 96.1 Å². The lowest BCUT2D eigenvalue weighted by Crippen LogP contribution is -2.36. The van der Waals surface area contributed by atoms with E-state index in [1.807, 2.05) is 24.3 Å². The van der Waals surface area contributed by atoms with Crippen LogP contribution in [0.1, 0.15) is 45.5 Å². The molecule has 0 saturated heterocycles. The summed E-state index contributed by atoms with van der Waals surface area (Å²) in [5, 5.41) is 5.57. The highest BCUT2D eigenvalue weighted by molar-refractivity contribution is 5.78. The summed E-state index contributed by atoms with van der Waals surface area (Å²) in [7, 11) is 0. The Morgan fingerprint density at radius 2 is 2.04 bits per heavy atom. The number of para-hydroxylation sites is 2. The second-order valence-electron chi connectivity index (χ2n) is 5.97. The summed E-state index contributed by atoms with van der Waals surface area (Å²) in [6, 6.07) is 7.58. The van der Waals surface area contributed by atoms with Crippen LogP contribution in [0.5, 0.6) is 0 Å². The van der Waals surface area contributed by atoms with Crippen LogP contribution < -0.4 is 10.6 Å². The molecule has 0 aliphatic carbocycles. The lowest BCUT2D eigenvalue weighted by molar-refractivity contribution is -0.122. The highest BCUT2D eigenvalue weighted by Crippen LogP contribution is 2.24. The molecule has 0 bridgehead atoms. The molecule has 0 spiro atoms. The summed E-state index contributed by atoms with van der Waals surface area (Å²) in [5.41, 5.74) is 1.83. The van der Waals surface area contributed by atoms with E-state index in [-0.39, 0.29) is 30.8 Å². The van der Waals surface area contributed by atoms with E-state index in [4.69, 9.17) is 4.74 Å². The minimum absolute atomic E-state index is 0.137. The van der Waals surface area contributed by atoms with Gasteiger partial charge >= 0.3 is 6.09 Å². The molecular weight excluding hydrogens is 320 g/mol. The number of hydrogen-bond acceptors (Lipinski definition) is 4. The second kappa shape index (κ2) is 9.05. The highest BCUT2D eigenvalue weighted by atomic mass is 16.5. The van der Waals surface area contributed by atoms with Gasteiger partial charge in [-0.25, -0.2) is 9.78 Å². The van der Waals surface area contributed by atoms with Gasteiger partial charge in [0.15, 0.2) is 0 Å². The van der Waals surface area contributed by atoms with Crippen molar-refractivity contribution in [1.82, 2.24) is 20.6 Å². The largest absolute Gasteiger partial charge is 0.450 e. The number of amides is 2. The van der Waals surface area contributed by atoms with Crippen LogP contribution in [0.25, 0.3) is 11.0 Å². The van der Waals surface area contributed by atoms with Crippen LogP contribution >= 0.6 is 0 Å². The first-order chi connectivity index (χ1) is 12.0. The van der Waals surface area contributed by atoms with Crippen LogP contribution in [0.3, 0.4) is 0 Å². The number of rotatable bonds is 8. The van der Waals surface area contributed by atoms with E-state index in [1.165, 1.54) is 0 Å². The molecule has 2 rings (SSSR count). The van der Waals surface area contributed by atoms with E-state index in [1.54, 1.807) is 6.92 Å². The fraction of sp³-hybridized carbons (Fsp3) is 0.500. The number of fused-ring (bicyclic) bond motifs is 1. The average Bonchev–Trinajstić information content (AvgIpc) is 3.03. The standard InChI is InChI=1S/C18H26N4O3/c1-4-12(3)16(17-20-13-8-6-7-9-14(13)21-17)22-15(23)10-11-19-18(24)25-5-2/h6-9,12,16H,4-5,10-11H2,1-3H3,(H,19,24)(H,20,21)(H,22,23)/t12-,16+/m0/s1. The molecule has 0 aliphatic rings. The maximum Gasteiger partial charge on any atom is 0.407 e. The number of aromatic nitrogens is 2. The Morgan fingerprint density at radius 1 is 1.28 bits per heavy atom. The third kappa shape index (κ3) is 5.20. The molecule has 1 heterocycles. The number of H-pyrrole nitrogens is 1. The van der Waals surface area contributed by atoms with Crippen molar-refractivity contribution in [1.29, 1.82) is 0 Å². The van der Waals surface area contributed by atoms with Crippen molar-refractivity contribution in [3.63, 3.8) is 0 Å². The van der Waals surface area contributed by atoms with Gasteiger partial charge in [0.25, 0.3) is 0 Å². The average molecular weight is 346 g/mol. The maximum absolute atomic E-state index is 12.3. The molecule has 0 unspecified atom stereocenters. The molecule has 7 heteroatoms. The Labute approximate surface area is 147 Å². The van der Waals surface area contributed by atoms with Crippen molar-refractivity contribution in [2.75, 3.05) is 13.2 Å². The molecular formula is C18H26N4O3. The molecule has 2 aromatic rings. The Morgan fingerprint density at radius 3 is 2.72 bits per heavy atom. The quantitative estimate of drug-likeness (QED) is 0.685. The van der Waals surface area contributed by atoms with Gasteiger partial charge in [-0.15, -0.1) is 0 Å². The summed E-state index contributed by atoms with van der Waals surface area (Å²) in [6.45, 7) is 6.43. The van der Waals surface area contributed by atoms with Crippen LogP contribution in [0, 0.1) is 5.92 Å². The fourth-order valence-electron chi connectivity index (χ4n) is 2.54. The fourth-order valence-corrected chi connectivity index (χ4v) is 2.54. The SMILES string of the molecule is CCOC(=O)NCCC(=O)N[C@@H](c1nc2ccccc2[nH]1)[C@@H](C)CC. The Hall–Kier alpha value is -2.57. The van der Waals surface area contributed by atoms with Crippen molar-refractivity contribution < 1.29 is 14.3 Å². The van der Waals surface area contributed by atoms with E-state index in [0.717, 1.165) is 23.3 Å². The number of carbonyl (C=O) groups is 2. The maximum atomic E-state index is 12.3. The molecule has 136 valence electrons. The van der Waals surface area contributed by atoms with E-state index in [0.29, 0.717) is 6.61 Å². The zero-order chi connectivity index (χ0) is 18.2. The zero-order valence-electron chi connectivity index (χ0n) is 15.0. The minimum atomic E-state index is -0.508. The van der Waals surface area contributed by atoms with Crippen LogP contribution in [0.2, 0.25) is 0 Å². The zero-order valence-corrected chi connectivity index (χ0v) is 15.0. The number of aromatic amines is 1. The van der Waals surface area contributed by atoms with Crippen molar-refractivity contribution in [2.45, 2.75) is 39.7 Å². The first kappa shape index (κ1) is 18.8. The number of imidazole rings is 1. The summed E-state index contributed by atoms with van der Waals surface area (Å²) < 4.78 is 4.77. The number of hydrogen-bond donors (Lipinski definition) is 3. The number of carbonyl (C=O) groups excluding carboxylic acids is 2. The number of alkyl carbamates (subject to hydrolysis) is 1. The van der Waals surface area contributed by atoms with Crippen molar-refractivity contribution >= 4 is 23.0 Å². The van der Waals surface area contributed by atoms with Crippen LogP contribution in [-0.4, -0.2) is 35.1 Å². The van der Waals surface area contributed by atoms with E-state index in [9.17, 15) is 9.59 Å². The summed E-state index contributed by atoms with van der Waals surface area (Å²) in [4.78, 5) is 31.4. The van der Waals surface area contributed by atoms with Gasteiger partial charge in [0.1, 0.15) is 5.82 Å². The second-order valence-corrected chi connectivity index (χ2v) is 5.97. The van der Waals surface area contributed by atoms with Gasteiger partial charge in [-0.3, -0.25) is 4.79 Å². The smallest absolute Gasteiger partial charge is 0.407 e. The molecule has 2 atom stereocenters. The number of nitrogens with zero attached hydrogens (tertiary/aromatic N) is 1. The lowest BCUT2D eigenvalue weighted by Gasteiger charge is -2.22. The highest BCUT2D eigenvalue weighted by Gasteiger charge is 2.23. The van der Waals surface area contributed by atoms with Crippen LogP contribution in [0.15, 0.2) is 24.3 Å². The molecule has 0 radical (unpaired) electrons. The van der Waals surface area contributed by atoms with E-state index in [2.05, 4.69) is 34.4 Å². The molecule has 2 amide bonds. The van der Waals surface area contributed by atoms with Gasteiger partial charge in [-0.1, -0.05) is 32.4 Å². The number of benzene rings is 1. The predicted molar refractivity (Wildman–Crippen MR) is 96.1 cm³/mol. The molecule has 7 nitrogen and oxygen atoms in total. The first-order valence-corrected chi connectivity index (χ1v) is 8.69. The van der Waals surface area contributed by atoms with Gasteiger partial charge in [0.2, 0.25) is 5.91 Å². The van der Waals surface area contributed by atoms with Gasteiger partial charge < -0.3 is 20.4 Å².